The van der Waals surface area contributed by atoms with Gasteiger partial charge in [0, 0.05) is 38.5 Å². The summed E-state index contributed by atoms with van der Waals surface area (Å²) in [6.07, 6.45) is 4.53. The SMILES string of the molecule is Cc1ccc(C2=NN(C(=O)CN(CCN3CCOCC3)C(=O)C3CCCC3)[C@@H](c3ccc4c(c3)OCO4)C2)cc1C. The number of hydrazone groups is 1. The highest BCUT2D eigenvalue weighted by Crippen LogP contribution is 2.39. The van der Waals surface area contributed by atoms with E-state index >= 15 is 0 Å². The number of benzene rings is 2. The summed E-state index contributed by atoms with van der Waals surface area (Å²) in [5.41, 5.74) is 5.22. The molecule has 2 amide bonds. The van der Waals surface area contributed by atoms with Crippen LogP contribution in [0.25, 0.3) is 0 Å². The number of nitrogens with zero attached hydrogens (tertiary/aromatic N) is 4. The van der Waals surface area contributed by atoms with Crippen molar-refractivity contribution in [1.82, 2.24) is 14.8 Å². The Kier molecular flexibility index (Phi) is 8.25. The van der Waals surface area contributed by atoms with Crippen LogP contribution in [-0.4, -0.2) is 85.1 Å². The monoisotopic (exact) mass is 560 g/mol. The van der Waals surface area contributed by atoms with Crippen LogP contribution >= 0.6 is 0 Å². The van der Waals surface area contributed by atoms with Crippen molar-refractivity contribution in [3.63, 3.8) is 0 Å². The summed E-state index contributed by atoms with van der Waals surface area (Å²) in [7, 11) is 0. The average Bonchev–Trinajstić information content (AvgIpc) is 3.77. The molecule has 0 unspecified atom stereocenters. The summed E-state index contributed by atoms with van der Waals surface area (Å²) >= 11 is 0. The van der Waals surface area contributed by atoms with E-state index in [2.05, 4.69) is 36.9 Å². The van der Waals surface area contributed by atoms with Gasteiger partial charge in [-0.1, -0.05) is 31.0 Å². The first-order chi connectivity index (χ1) is 20.0. The van der Waals surface area contributed by atoms with E-state index in [4.69, 9.17) is 19.3 Å². The molecule has 218 valence electrons. The average molecular weight is 561 g/mol. The zero-order valence-corrected chi connectivity index (χ0v) is 24.1. The lowest BCUT2D eigenvalue weighted by atomic mass is 9.96. The van der Waals surface area contributed by atoms with Crippen molar-refractivity contribution in [2.45, 2.75) is 52.0 Å². The molecule has 9 nitrogen and oxygen atoms in total. The molecule has 1 atom stereocenters. The number of fused-ring (bicyclic) bond motifs is 1. The molecular weight excluding hydrogens is 520 g/mol. The van der Waals surface area contributed by atoms with Gasteiger partial charge < -0.3 is 19.1 Å². The van der Waals surface area contributed by atoms with E-state index in [1.165, 1.54) is 11.1 Å². The Balaban J connectivity index is 1.26. The molecule has 0 bridgehead atoms. The molecule has 4 aliphatic rings. The Hall–Kier alpha value is -3.43. The van der Waals surface area contributed by atoms with Gasteiger partial charge in [0.05, 0.1) is 25.0 Å². The minimum Gasteiger partial charge on any atom is -0.454 e. The Labute approximate surface area is 242 Å². The molecule has 0 radical (unpaired) electrons. The molecule has 1 saturated carbocycles. The molecule has 0 spiro atoms. The summed E-state index contributed by atoms with van der Waals surface area (Å²) in [4.78, 5) is 31.8. The lowest BCUT2D eigenvalue weighted by molar-refractivity contribution is -0.144. The maximum atomic E-state index is 14.1. The van der Waals surface area contributed by atoms with Crippen LogP contribution in [0.4, 0.5) is 0 Å². The van der Waals surface area contributed by atoms with Gasteiger partial charge in [-0.3, -0.25) is 14.5 Å². The smallest absolute Gasteiger partial charge is 0.262 e. The van der Waals surface area contributed by atoms with Crippen LogP contribution in [0.3, 0.4) is 0 Å². The third-order valence-corrected chi connectivity index (χ3v) is 8.92. The van der Waals surface area contributed by atoms with Crippen molar-refractivity contribution in [1.29, 1.82) is 0 Å². The van der Waals surface area contributed by atoms with Crippen LogP contribution in [0.5, 0.6) is 11.5 Å². The van der Waals surface area contributed by atoms with Crippen LogP contribution in [0, 0.1) is 19.8 Å². The number of ether oxygens (including phenoxy) is 3. The fourth-order valence-electron chi connectivity index (χ4n) is 6.24. The number of carbonyl (C=O) groups excluding carboxylic acids is 2. The van der Waals surface area contributed by atoms with Crippen molar-refractivity contribution in [3.8, 4) is 11.5 Å². The largest absolute Gasteiger partial charge is 0.454 e. The third-order valence-electron chi connectivity index (χ3n) is 8.92. The van der Waals surface area contributed by atoms with Crippen LogP contribution in [0.2, 0.25) is 0 Å². The Morgan fingerprint density at radius 3 is 2.54 bits per heavy atom. The molecular formula is C32H40N4O5. The molecule has 41 heavy (non-hydrogen) atoms. The first kappa shape index (κ1) is 27.7. The number of morpholine rings is 1. The molecule has 0 N–H and O–H groups in total. The molecule has 3 heterocycles. The van der Waals surface area contributed by atoms with Gasteiger partial charge in [0.15, 0.2) is 11.5 Å². The van der Waals surface area contributed by atoms with Gasteiger partial charge in [0.25, 0.3) is 5.91 Å². The molecule has 1 aliphatic carbocycles. The van der Waals surface area contributed by atoms with Gasteiger partial charge in [-0.15, -0.1) is 0 Å². The molecule has 9 heteroatoms. The minimum absolute atomic E-state index is 0.00493. The van der Waals surface area contributed by atoms with Crippen molar-refractivity contribution in [2.24, 2.45) is 11.0 Å². The predicted octanol–water partition coefficient (Wildman–Crippen LogP) is 4.06. The Bertz CT molecular complexity index is 1320. The Morgan fingerprint density at radius 2 is 1.76 bits per heavy atom. The quantitative estimate of drug-likeness (QED) is 0.484. The van der Waals surface area contributed by atoms with Crippen molar-refractivity contribution < 1.29 is 23.8 Å². The lowest BCUT2D eigenvalue weighted by Gasteiger charge is -2.32. The maximum Gasteiger partial charge on any atom is 0.262 e. The third kappa shape index (κ3) is 6.11. The number of aryl methyl sites for hydroxylation is 2. The zero-order chi connectivity index (χ0) is 28.3. The van der Waals surface area contributed by atoms with E-state index in [0.29, 0.717) is 37.7 Å². The van der Waals surface area contributed by atoms with Crippen molar-refractivity contribution in [3.05, 3.63) is 58.7 Å². The topological polar surface area (TPSA) is 83.9 Å². The van der Waals surface area contributed by atoms with E-state index in [1.807, 2.05) is 18.2 Å². The van der Waals surface area contributed by atoms with Crippen LogP contribution in [0.1, 0.15) is 60.4 Å². The van der Waals surface area contributed by atoms with E-state index in [-0.39, 0.29) is 37.1 Å². The molecule has 6 rings (SSSR count). The molecule has 2 aromatic carbocycles. The summed E-state index contributed by atoms with van der Waals surface area (Å²) in [5, 5.41) is 6.51. The minimum atomic E-state index is -0.295. The molecule has 2 fully saturated rings. The number of hydrogen-bond donors (Lipinski definition) is 0. The standard InChI is InChI=1S/C32H40N4O5/c1-22-7-8-25(17-23(22)2)27-19-28(26-9-10-29-30(18-26)41-21-40-29)36(33-27)31(37)20-35(32(38)24-5-3-4-6-24)12-11-34-13-15-39-16-14-34/h7-10,17-18,24,28H,3-6,11-16,19-21H2,1-2H3/t28-/m1/s1. The van der Waals surface area contributed by atoms with Gasteiger partial charge in [0.2, 0.25) is 12.7 Å². The fourth-order valence-corrected chi connectivity index (χ4v) is 6.24. The van der Waals surface area contributed by atoms with E-state index in [9.17, 15) is 9.59 Å². The Morgan fingerprint density at radius 1 is 0.976 bits per heavy atom. The maximum absolute atomic E-state index is 14.1. The van der Waals surface area contributed by atoms with E-state index < -0.39 is 0 Å². The highest BCUT2D eigenvalue weighted by molar-refractivity contribution is 6.03. The van der Waals surface area contributed by atoms with Gasteiger partial charge >= 0.3 is 0 Å². The highest BCUT2D eigenvalue weighted by Gasteiger charge is 2.36. The van der Waals surface area contributed by atoms with E-state index in [1.54, 1.807) is 9.91 Å². The number of rotatable bonds is 8. The van der Waals surface area contributed by atoms with Gasteiger partial charge in [0.1, 0.15) is 6.54 Å². The number of carbonyl (C=O) groups is 2. The van der Waals surface area contributed by atoms with Gasteiger partial charge in [-0.2, -0.15) is 5.10 Å². The zero-order valence-electron chi connectivity index (χ0n) is 24.1. The van der Waals surface area contributed by atoms with Crippen LogP contribution in [0.15, 0.2) is 41.5 Å². The molecule has 2 aromatic rings. The second-order valence-electron chi connectivity index (χ2n) is 11.6. The van der Waals surface area contributed by atoms with Crippen molar-refractivity contribution in [2.75, 3.05) is 52.7 Å². The summed E-state index contributed by atoms with van der Waals surface area (Å²) in [6.45, 7) is 8.76. The normalized spacial score (nSPS) is 20.9. The number of amides is 2. The molecule has 3 aliphatic heterocycles. The molecule has 0 aromatic heterocycles. The first-order valence-electron chi connectivity index (χ1n) is 14.9. The van der Waals surface area contributed by atoms with E-state index in [0.717, 1.165) is 62.2 Å². The molecule has 1 saturated heterocycles. The fraction of sp³-hybridized carbons (Fsp3) is 0.531. The second kappa shape index (κ2) is 12.2. The van der Waals surface area contributed by atoms with Crippen LogP contribution in [-0.2, 0) is 14.3 Å². The highest BCUT2D eigenvalue weighted by atomic mass is 16.7. The number of hydrogen-bond acceptors (Lipinski definition) is 7. The predicted molar refractivity (Wildman–Crippen MR) is 155 cm³/mol. The van der Waals surface area contributed by atoms with Crippen LogP contribution < -0.4 is 9.47 Å². The van der Waals surface area contributed by atoms with Gasteiger partial charge in [-0.05, 0) is 67.1 Å². The first-order valence-corrected chi connectivity index (χ1v) is 14.9. The summed E-state index contributed by atoms with van der Waals surface area (Å²) in [5.74, 6) is 1.32. The lowest BCUT2D eigenvalue weighted by Crippen LogP contribution is -2.47. The van der Waals surface area contributed by atoms with Crippen molar-refractivity contribution >= 4 is 17.5 Å². The summed E-state index contributed by atoms with van der Waals surface area (Å²) < 4.78 is 16.7. The second-order valence-corrected chi connectivity index (χ2v) is 11.6. The summed E-state index contributed by atoms with van der Waals surface area (Å²) in [6, 6.07) is 11.8. The van der Waals surface area contributed by atoms with Gasteiger partial charge in [-0.25, -0.2) is 5.01 Å².